The van der Waals surface area contributed by atoms with Crippen molar-refractivity contribution in [2.75, 3.05) is 32.5 Å². The SMILES string of the molecule is Cc1ccccc1OCc1ccc(-c2nc(C#N)c(NCCN(C)C)o2)o1. The van der Waals surface area contributed by atoms with Gasteiger partial charge in [-0.1, -0.05) is 18.2 Å². The van der Waals surface area contributed by atoms with E-state index in [0.29, 0.717) is 30.6 Å². The summed E-state index contributed by atoms with van der Waals surface area (Å²) in [6.07, 6.45) is 0. The van der Waals surface area contributed by atoms with Gasteiger partial charge in [0, 0.05) is 13.1 Å². The van der Waals surface area contributed by atoms with Crippen LogP contribution in [0.2, 0.25) is 0 Å². The van der Waals surface area contributed by atoms with Crippen molar-refractivity contribution in [1.82, 2.24) is 9.88 Å². The molecule has 3 aromatic rings. The molecule has 0 atom stereocenters. The minimum absolute atomic E-state index is 0.206. The molecule has 0 saturated heterocycles. The van der Waals surface area contributed by atoms with Crippen LogP contribution in [0, 0.1) is 18.3 Å². The molecule has 0 saturated carbocycles. The monoisotopic (exact) mass is 366 g/mol. The summed E-state index contributed by atoms with van der Waals surface area (Å²) in [4.78, 5) is 6.24. The summed E-state index contributed by atoms with van der Waals surface area (Å²) >= 11 is 0. The molecule has 0 aliphatic rings. The highest BCUT2D eigenvalue weighted by Gasteiger charge is 2.17. The minimum Gasteiger partial charge on any atom is -0.485 e. The third-order valence-electron chi connectivity index (χ3n) is 3.91. The molecule has 0 fully saturated rings. The number of anilines is 1. The summed E-state index contributed by atoms with van der Waals surface area (Å²) in [7, 11) is 3.95. The lowest BCUT2D eigenvalue weighted by molar-refractivity contribution is 0.269. The van der Waals surface area contributed by atoms with E-state index in [0.717, 1.165) is 17.9 Å². The van der Waals surface area contributed by atoms with E-state index in [-0.39, 0.29) is 11.6 Å². The van der Waals surface area contributed by atoms with Crippen LogP contribution in [0.3, 0.4) is 0 Å². The predicted molar refractivity (Wildman–Crippen MR) is 101 cm³/mol. The number of aromatic nitrogens is 1. The van der Waals surface area contributed by atoms with Crippen LogP contribution in [-0.2, 0) is 6.61 Å². The van der Waals surface area contributed by atoms with Crippen molar-refractivity contribution in [3.63, 3.8) is 0 Å². The zero-order valence-electron chi connectivity index (χ0n) is 15.7. The van der Waals surface area contributed by atoms with E-state index in [1.54, 1.807) is 6.07 Å². The van der Waals surface area contributed by atoms with Gasteiger partial charge in [0.15, 0.2) is 5.76 Å². The molecule has 1 aromatic carbocycles. The van der Waals surface area contributed by atoms with Crippen molar-refractivity contribution in [3.05, 3.63) is 53.4 Å². The molecule has 3 rings (SSSR count). The molecule has 0 aliphatic carbocycles. The second-order valence-electron chi connectivity index (χ2n) is 6.36. The highest BCUT2D eigenvalue weighted by molar-refractivity contribution is 5.54. The number of nitriles is 1. The zero-order chi connectivity index (χ0) is 19.2. The van der Waals surface area contributed by atoms with Crippen molar-refractivity contribution in [1.29, 1.82) is 5.26 Å². The van der Waals surface area contributed by atoms with Gasteiger partial charge in [-0.3, -0.25) is 0 Å². The molecule has 1 N–H and O–H groups in total. The van der Waals surface area contributed by atoms with E-state index in [2.05, 4.69) is 10.3 Å². The first-order valence-electron chi connectivity index (χ1n) is 8.64. The number of nitrogens with zero attached hydrogens (tertiary/aromatic N) is 3. The Kier molecular flexibility index (Phi) is 5.79. The zero-order valence-corrected chi connectivity index (χ0v) is 15.7. The number of likely N-dealkylation sites (N-methyl/N-ethyl adjacent to an activating group) is 1. The van der Waals surface area contributed by atoms with Crippen molar-refractivity contribution >= 4 is 5.88 Å². The molecule has 140 valence electrons. The second-order valence-corrected chi connectivity index (χ2v) is 6.36. The third kappa shape index (κ3) is 4.68. The predicted octanol–water partition coefficient (Wildman–Crippen LogP) is 3.67. The molecule has 0 spiro atoms. The van der Waals surface area contributed by atoms with Gasteiger partial charge >= 0.3 is 0 Å². The number of para-hydroxylation sites is 1. The second kappa shape index (κ2) is 8.43. The molecule has 0 radical (unpaired) electrons. The van der Waals surface area contributed by atoms with Crippen LogP contribution in [0.5, 0.6) is 5.75 Å². The molecular formula is C20H22N4O3. The Morgan fingerprint density at radius 2 is 2.00 bits per heavy atom. The van der Waals surface area contributed by atoms with Crippen molar-refractivity contribution in [2.24, 2.45) is 0 Å². The standard InChI is InChI=1S/C20H22N4O3/c1-14-6-4-5-7-17(14)25-13-15-8-9-18(26-15)20-23-16(12-21)19(27-20)22-10-11-24(2)3/h4-9,22H,10-11,13H2,1-3H3. The molecule has 2 heterocycles. The Morgan fingerprint density at radius 1 is 1.19 bits per heavy atom. The number of hydrogen-bond acceptors (Lipinski definition) is 7. The van der Waals surface area contributed by atoms with E-state index < -0.39 is 0 Å². The van der Waals surface area contributed by atoms with Crippen LogP contribution in [0.25, 0.3) is 11.7 Å². The summed E-state index contributed by atoms with van der Waals surface area (Å²) in [5.74, 6) is 2.53. The van der Waals surface area contributed by atoms with Crippen LogP contribution in [0.4, 0.5) is 5.88 Å². The summed E-state index contributed by atoms with van der Waals surface area (Å²) in [5, 5.41) is 12.3. The Bertz CT molecular complexity index is 937. The molecule has 7 nitrogen and oxygen atoms in total. The number of hydrogen-bond donors (Lipinski definition) is 1. The first kappa shape index (κ1) is 18.5. The topological polar surface area (TPSA) is 87.5 Å². The molecule has 0 amide bonds. The van der Waals surface area contributed by atoms with Gasteiger partial charge in [0.25, 0.3) is 5.89 Å². The quantitative estimate of drug-likeness (QED) is 0.651. The Morgan fingerprint density at radius 3 is 2.74 bits per heavy atom. The van der Waals surface area contributed by atoms with E-state index in [1.807, 2.05) is 62.3 Å². The Hall–Kier alpha value is -3.24. The van der Waals surface area contributed by atoms with Gasteiger partial charge in [-0.15, -0.1) is 0 Å². The molecule has 0 bridgehead atoms. The van der Waals surface area contributed by atoms with Gasteiger partial charge in [-0.05, 0) is 44.8 Å². The average Bonchev–Trinajstić information content (AvgIpc) is 3.27. The lowest BCUT2D eigenvalue weighted by Gasteiger charge is -2.09. The van der Waals surface area contributed by atoms with Crippen LogP contribution >= 0.6 is 0 Å². The van der Waals surface area contributed by atoms with Gasteiger partial charge in [0.2, 0.25) is 11.6 Å². The number of rotatable bonds is 8. The highest BCUT2D eigenvalue weighted by Crippen LogP contribution is 2.27. The van der Waals surface area contributed by atoms with Gasteiger partial charge < -0.3 is 23.8 Å². The maximum absolute atomic E-state index is 9.26. The average molecular weight is 366 g/mol. The van der Waals surface area contributed by atoms with Crippen molar-refractivity contribution in [2.45, 2.75) is 13.5 Å². The highest BCUT2D eigenvalue weighted by atomic mass is 16.5. The Balaban J connectivity index is 1.68. The molecule has 0 aliphatic heterocycles. The fourth-order valence-corrected chi connectivity index (χ4v) is 2.45. The largest absolute Gasteiger partial charge is 0.485 e. The number of furan rings is 1. The number of aryl methyl sites for hydroxylation is 1. The fraction of sp³-hybridized carbons (Fsp3) is 0.300. The summed E-state index contributed by atoms with van der Waals surface area (Å²) in [6.45, 7) is 3.74. The molecule has 7 heteroatoms. The maximum Gasteiger partial charge on any atom is 0.266 e. The fourth-order valence-electron chi connectivity index (χ4n) is 2.45. The normalized spacial score (nSPS) is 10.8. The van der Waals surface area contributed by atoms with E-state index in [1.165, 1.54) is 0 Å². The van der Waals surface area contributed by atoms with Crippen LogP contribution in [-0.4, -0.2) is 37.1 Å². The van der Waals surface area contributed by atoms with Crippen molar-refractivity contribution in [3.8, 4) is 23.5 Å². The third-order valence-corrected chi connectivity index (χ3v) is 3.91. The van der Waals surface area contributed by atoms with Gasteiger partial charge in [-0.25, -0.2) is 0 Å². The van der Waals surface area contributed by atoms with Crippen LogP contribution < -0.4 is 10.1 Å². The molecular weight excluding hydrogens is 344 g/mol. The summed E-state index contributed by atoms with van der Waals surface area (Å²) in [5.41, 5.74) is 1.27. The smallest absolute Gasteiger partial charge is 0.266 e. The lowest BCUT2D eigenvalue weighted by Crippen LogP contribution is -2.20. The maximum atomic E-state index is 9.26. The number of nitrogens with one attached hydrogen (secondary N) is 1. The Labute approximate surface area is 158 Å². The summed E-state index contributed by atoms with van der Waals surface area (Å²) < 4.78 is 17.2. The van der Waals surface area contributed by atoms with E-state index >= 15 is 0 Å². The molecule has 2 aromatic heterocycles. The lowest BCUT2D eigenvalue weighted by atomic mass is 10.2. The number of oxazole rings is 1. The van der Waals surface area contributed by atoms with Crippen molar-refractivity contribution < 1.29 is 13.6 Å². The summed E-state index contributed by atoms with van der Waals surface area (Å²) in [6, 6.07) is 13.4. The first-order valence-corrected chi connectivity index (χ1v) is 8.64. The van der Waals surface area contributed by atoms with E-state index in [4.69, 9.17) is 13.6 Å². The van der Waals surface area contributed by atoms with Crippen LogP contribution in [0.15, 0.2) is 45.2 Å². The number of benzene rings is 1. The van der Waals surface area contributed by atoms with Gasteiger partial charge in [0.1, 0.15) is 24.2 Å². The minimum atomic E-state index is 0.206. The van der Waals surface area contributed by atoms with Gasteiger partial charge in [0.05, 0.1) is 0 Å². The molecule has 27 heavy (non-hydrogen) atoms. The molecule has 0 unspecified atom stereocenters. The van der Waals surface area contributed by atoms with Gasteiger partial charge in [-0.2, -0.15) is 10.2 Å². The van der Waals surface area contributed by atoms with Crippen LogP contribution in [0.1, 0.15) is 17.0 Å². The first-order chi connectivity index (χ1) is 13.1. The van der Waals surface area contributed by atoms with E-state index in [9.17, 15) is 5.26 Å². The number of ether oxygens (including phenoxy) is 1.